The summed E-state index contributed by atoms with van der Waals surface area (Å²) in [6, 6.07) is 9.13. The molecule has 0 fully saturated rings. The van der Waals surface area contributed by atoms with E-state index in [9.17, 15) is 21.6 Å². The van der Waals surface area contributed by atoms with Crippen LogP contribution in [0.2, 0.25) is 0 Å². The summed E-state index contributed by atoms with van der Waals surface area (Å²) in [5.74, 6) is 0.748. The van der Waals surface area contributed by atoms with Crippen molar-refractivity contribution in [2.75, 3.05) is 0 Å². The van der Waals surface area contributed by atoms with Crippen molar-refractivity contribution in [1.29, 1.82) is 0 Å². The molecule has 3 aromatic rings. The number of aryl methyl sites for hydroxylation is 1. The molecule has 0 amide bonds. The van der Waals surface area contributed by atoms with Crippen molar-refractivity contribution in [3.63, 3.8) is 0 Å². The Balaban J connectivity index is 2.08. The molecule has 0 saturated carbocycles. The lowest BCUT2D eigenvalue weighted by Crippen LogP contribution is -2.31. The summed E-state index contributed by atoms with van der Waals surface area (Å²) in [5, 5.41) is 0. The number of fused-ring (bicyclic) bond motifs is 1. The molecule has 26 heavy (non-hydrogen) atoms. The zero-order chi connectivity index (χ0) is 19.3. The lowest BCUT2D eigenvalue weighted by molar-refractivity contribution is -0.652. The van der Waals surface area contributed by atoms with Gasteiger partial charge in [-0.3, -0.25) is 4.55 Å². The third-order valence-corrected chi connectivity index (χ3v) is 5.26. The monoisotopic (exact) mass is 385 g/mol. The first-order valence-electron chi connectivity index (χ1n) is 7.61. The first kappa shape index (κ1) is 18.4. The number of hydrogen-bond acceptors (Lipinski definition) is 2. The molecular weight excluding hydrogens is 369 g/mol. The molecule has 0 spiro atoms. The predicted molar refractivity (Wildman–Crippen MR) is 88.2 cm³/mol. The summed E-state index contributed by atoms with van der Waals surface area (Å²) in [6.07, 6.45) is -4.44. The second-order valence-corrected chi connectivity index (χ2v) is 7.43. The van der Waals surface area contributed by atoms with Gasteiger partial charge in [0.1, 0.15) is 6.54 Å². The van der Waals surface area contributed by atoms with Crippen molar-refractivity contribution in [3.8, 4) is 0 Å². The van der Waals surface area contributed by atoms with Crippen LogP contribution in [0.3, 0.4) is 0 Å². The van der Waals surface area contributed by atoms with E-state index in [0.717, 1.165) is 18.0 Å². The predicted octanol–water partition coefficient (Wildman–Crippen LogP) is 3.09. The van der Waals surface area contributed by atoms with Crippen molar-refractivity contribution in [1.82, 2.24) is 4.57 Å². The maximum atomic E-state index is 13.0. The smallest absolute Gasteiger partial charge is 0.282 e. The van der Waals surface area contributed by atoms with E-state index in [2.05, 4.69) is 0 Å². The molecule has 0 radical (unpaired) electrons. The highest BCUT2D eigenvalue weighted by Gasteiger charge is 2.32. The number of nitrogens with zero attached hydrogens (tertiary/aromatic N) is 2. The van der Waals surface area contributed by atoms with Crippen LogP contribution < -0.4 is 4.57 Å². The SMILES string of the molecule is Cc1n(Cc2ccc(S(=O)(=O)O)cc2)c2cc(C(F)(F)F)ccc2[n+]1C. The Bertz CT molecular complexity index is 1090. The fraction of sp³-hybridized carbons (Fsp3) is 0.235. The van der Waals surface area contributed by atoms with Crippen LogP contribution >= 0.6 is 0 Å². The Hall–Kier alpha value is -2.39. The highest BCUT2D eigenvalue weighted by Crippen LogP contribution is 2.31. The van der Waals surface area contributed by atoms with E-state index in [1.807, 2.05) is 0 Å². The van der Waals surface area contributed by atoms with Gasteiger partial charge in [-0.05, 0) is 29.8 Å². The normalized spacial score (nSPS) is 12.7. The third-order valence-electron chi connectivity index (χ3n) is 4.39. The van der Waals surface area contributed by atoms with E-state index in [-0.39, 0.29) is 11.4 Å². The summed E-state index contributed by atoms with van der Waals surface area (Å²) in [7, 11) is -2.52. The Morgan fingerprint density at radius 2 is 1.73 bits per heavy atom. The van der Waals surface area contributed by atoms with Gasteiger partial charge >= 0.3 is 6.18 Å². The van der Waals surface area contributed by atoms with Crippen molar-refractivity contribution in [2.45, 2.75) is 24.5 Å². The zero-order valence-electron chi connectivity index (χ0n) is 13.9. The van der Waals surface area contributed by atoms with Crippen LogP contribution in [-0.2, 0) is 29.9 Å². The van der Waals surface area contributed by atoms with E-state index in [0.29, 0.717) is 16.6 Å². The molecule has 0 unspecified atom stereocenters. The Labute approximate surface area is 148 Å². The average Bonchev–Trinajstić information content (AvgIpc) is 2.78. The number of halogens is 3. The van der Waals surface area contributed by atoms with Crippen molar-refractivity contribution in [3.05, 3.63) is 59.4 Å². The van der Waals surface area contributed by atoms with E-state index in [4.69, 9.17) is 4.55 Å². The van der Waals surface area contributed by atoms with Gasteiger partial charge in [-0.25, -0.2) is 9.13 Å². The molecule has 0 atom stereocenters. The van der Waals surface area contributed by atoms with Gasteiger partial charge in [0.05, 0.1) is 17.5 Å². The number of benzene rings is 2. The minimum Gasteiger partial charge on any atom is -0.282 e. The van der Waals surface area contributed by atoms with Crippen LogP contribution in [0, 0.1) is 6.92 Å². The highest BCUT2D eigenvalue weighted by atomic mass is 32.2. The van der Waals surface area contributed by atoms with Gasteiger partial charge < -0.3 is 0 Å². The number of hydrogen-bond donors (Lipinski definition) is 1. The molecule has 0 aliphatic rings. The van der Waals surface area contributed by atoms with Gasteiger partial charge in [0.15, 0.2) is 11.0 Å². The Morgan fingerprint density at radius 1 is 1.12 bits per heavy atom. The maximum absolute atomic E-state index is 13.0. The number of imidazole rings is 1. The van der Waals surface area contributed by atoms with E-state index < -0.39 is 21.9 Å². The van der Waals surface area contributed by atoms with E-state index >= 15 is 0 Å². The lowest BCUT2D eigenvalue weighted by atomic mass is 10.2. The molecule has 0 bridgehead atoms. The van der Waals surface area contributed by atoms with Crippen molar-refractivity contribution in [2.24, 2.45) is 7.05 Å². The van der Waals surface area contributed by atoms with Gasteiger partial charge in [0, 0.05) is 13.0 Å². The summed E-state index contributed by atoms with van der Waals surface area (Å²) in [4.78, 5) is -0.236. The third kappa shape index (κ3) is 3.32. The second-order valence-electron chi connectivity index (χ2n) is 6.01. The van der Waals surface area contributed by atoms with Crippen LogP contribution in [0.15, 0.2) is 47.4 Å². The average molecular weight is 385 g/mol. The molecule has 1 aromatic heterocycles. The van der Waals surface area contributed by atoms with Gasteiger partial charge in [-0.2, -0.15) is 21.6 Å². The molecule has 2 aromatic carbocycles. The zero-order valence-corrected chi connectivity index (χ0v) is 14.8. The summed E-state index contributed by atoms with van der Waals surface area (Å²) in [5.41, 5.74) is 1.05. The fourth-order valence-electron chi connectivity index (χ4n) is 2.88. The minimum absolute atomic E-state index is 0.236. The molecular formula is C17H16F3N2O3S+. The van der Waals surface area contributed by atoms with Gasteiger partial charge in [-0.1, -0.05) is 12.1 Å². The molecule has 5 nitrogen and oxygen atoms in total. The summed E-state index contributed by atoms with van der Waals surface area (Å²) < 4.78 is 73.9. The lowest BCUT2D eigenvalue weighted by Gasteiger charge is -2.06. The molecule has 1 N–H and O–H groups in total. The van der Waals surface area contributed by atoms with Crippen LogP contribution in [0.1, 0.15) is 17.0 Å². The van der Waals surface area contributed by atoms with Crippen molar-refractivity contribution >= 4 is 21.2 Å². The minimum atomic E-state index is -4.44. The topological polar surface area (TPSA) is 63.2 Å². The molecule has 0 aliphatic carbocycles. The number of alkyl halides is 3. The van der Waals surface area contributed by atoms with Crippen LogP contribution in [0.25, 0.3) is 11.0 Å². The van der Waals surface area contributed by atoms with Gasteiger partial charge in [0.2, 0.25) is 0 Å². The van der Waals surface area contributed by atoms with E-state index in [1.165, 1.54) is 30.3 Å². The summed E-state index contributed by atoms with van der Waals surface area (Å²) in [6.45, 7) is 2.05. The maximum Gasteiger partial charge on any atom is 0.416 e. The summed E-state index contributed by atoms with van der Waals surface area (Å²) >= 11 is 0. The standard InChI is InChI=1S/C17H15F3N2O3S/c1-11-21(2)15-8-5-13(17(18,19)20)9-16(15)22(11)10-12-3-6-14(7-4-12)26(23,24)25/h3-9H,10H2,1-2H3/p+1. The van der Waals surface area contributed by atoms with Crippen LogP contribution in [0.4, 0.5) is 13.2 Å². The fourth-order valence-corrected chi connectivity index (χ4v) is 3.36. The molecule has 3 rings (SSSR count). The van der Waals surface area contributed by atoms with Crippen molar-refractivity contribution < 1.29 is 30.7 Å². The molecule has 1 heterocycles. The molecule has 0 aliphatic heterocycles. The van der Waals surface area contributed by atoms with Crippen LogP contribution in [0.5, 0.6) is 0 Å². The highest BCUT2D eigenvalue weighted by molar-refractivity contribution is 7.85. The number of rotatable bonds is 3. The second kappa shape index (κ2) is 6.10. The van der Waals surface area contributed by atoms with Crippen LogP contribution in [-0.4, -0.2) is 17.5 Å². The quantitative estimate of drug-likeness (QED) is 0.557. The number of aromatic nitrogens is 2. The molecule has 0 saturated heterocycles. The first-order valence-corrected chi connectivity index (χ1v) is 9.05. The first-order chi connectivity index (χ1) is 12.0. The Kier molecular flexibility index (Phi) is 4.32. The molecule has 9 heteroatoms. The Morgan fingerprint density at radius 3 is 2.27 bits per heavy atom. The molecule has 138 valence electrons. The van der Waals surface area contributed by atoms with Gasteiger partial charge in [0.25, 0.3) is 15.9 Å². The largest absolute Gasteiger partial charge is 0.416 e. The van der Waals surface area contributed by atoms with Gasteiger partial charge in [-0.15, -0.1) is 0 Å². The van der Waals surface area contributed by atoms with E-state index in [1.54, 1.807) is 23.1 Å².